The number of benzene rings is 3. The van der Waals surface area contributed by atoms with Gasteiger partial charge < -0.3 is 4.74 Å². The van der Waals surface area contributed by atoms with Gasteiger partial charge in [0.15, 0.2) is 5.82 Å². The molecule has 0 aromatic heterocycles. The van der Waals surface area contributed by atoms with Gasteiger partial charge in [-0.05, 0) is 78.8 Å². The molecule has 1 aliphatic rings. The second-order valence-electron chi connectivity index (χ2n) is 8.67. The summed E-state index contributed by atoms with van der Waals surface area (Å²) in [5.74, 6) is -0.958. The molecule has 0 N–H and O–H groups in total. The summed E-state index contributed by atoms with van der Waals surface area (Å²) >= 11 is 0. The van der Waals surface area contributed by atoms with E-state index in [9.17, 15) is 26.3 Å². The summed E-state index contributed by atoms with van der Waals surface area (Å²) in [6.07, 6.45) is -0.507. The first-order valence-electron chi connectivity index (χ1n) is 11.0. The maximum Gasteiger partial charge on any atom is 0.458 e. The number of ether oxygens (including phenoxy) is 1. The topological polar surface area (TPSA) is 9.23 Å². The summed E-state index contributed by atoms with van der Waals surface area (Å²) < 4.78 is 86.4. The third-order valence-electron chi connectivity index (χ3n) is 6.14. The van der Waals surface area contributed by atoms with Crippen LogP contribution < -0.4 is 0 Å². The number of halogens is 6. The van der Waals surface area contributed by atoms with Gasteiger partial charge in [-0.1, -0.05) is 30.2 Å². The molecule has 4 rings (SSSR count). The molecule has 178 valence electrons. The molecule has 1 nitrogen and oxygen atoms in total. The number of rotatable bonds is 4. The van der Waals surface area contributed by atoms with E-state index in [1.54, 1.807) is 0 Å². The Bertz CT molecular complexity index is 1240. The predicted molar refractivity (Wildman–Crippen MR) is 119 cm³/mol. The zero-order valence-electron chi connectivity index (χ0n) is 18.4. The monoisotopic (exact) mass is 476 g/mol. The third kappa shape index (κ3) is 5.56. The van der Waals surface area contributed by atoms with Crippen LogP contribution in [0.5, 0.6) is 0 Å². The quantitative estimate of drug-likeness (QED) is 0.279. The third-order valence-corrected chi connectivity index (χ3v) is 6.14. The number of fused-ring (bicyclic) bond motifs is 1. The molecule has 1 fully saturated rings. The van der Waals surface area contributed by atoms with Gasteiger partial charge in [0.1, 0.15) is 11.6 Å². The van der Waals surface area contributed by atoms with Crippen molar-refractivity contribution in [3.05, 3.63) is 71.0 Å². The summed E-state index contributed by atoms with van der Waals surface area (Å²) in [5, 5.41) is -0.699. The average Bonchev–Trinajstić information content (AvgIpc) is 2.77. The Morgan fingerprint density at radius 3 is 2.32 bits per heavy atom. The molecule has 3 aromatic rings. The van der Waals surface area contributed by atoms with Gasteiger partial charge in [-0.2, -0.15) is 13.2 Å². The standard InChI is InChI=1S/C27H22F6O/c1-16-2-3-18(15-34-16)5-4-17-6-8-19(9-7-17)20-12-21-14-23(28)22(10-11-27(31,32)33)26(30)25(21)24(29)13-20/h6-9,12-14,16,18H,2-5,15H2,1H3. The van der Waals surface area contributed by atoms with Crippen LogP contribution in [0, 0.1) is 35.2 Å². The summed E-state index contributed by atoms with van der Waals surface area (Å²) in [6.45, 7) is 2.85. The number of hydrogen-bond acceptors (Lipinski definition) is 1. The van der Waals surface area contributed by atoms with Crippen molar-refractivity contribution in [3.8, 4) is 23.0 Å². The molecule has 3 aromatic carbocycles. The van der Waals surface area contributed by atoms with Crippen LogP contribution in [-0.4, -0.2) is 18.9 Å². The van der Waals surface area contributed by atoms with E-state index >= 15 is 0 Å². The Labute approximate surface area is 193 Å². The van der Waals surface area contributed by atoms with Gasteiger partial charge >= 0.3 is 6.18 Å². The number of aryl methyl sites for hydroxylation is 1. The van der Waals surface area contributed by atoms with Crippen molar-refractivity contribution in [2.75, 3.05) is 6.61 Å². The van der Waals surface area contributed by atoms with Crippen molar-refractivity contribution in [1.82, 2.24) is 0 Å². The summed E-state index contributed by atoms with van der Waals surface area (Å²) in [6, 6.07) is 10.8. The lowest BCUT2D eigenvalue weighted by atomic mass is 9.92. The fourth-order valence-corrected chi connectivity index (χ4v) is 4.23. The summed E-state index contributed by atoms with van der Waals surface area (Å²) in [4.78, 5) is 0. The Balaban J connectivity index is 1.57. The smallest absolute Gasteiger partial charge is 0.378 e. The lowest BCUT2D eigenvalue weighted by Crippen LogP contribution is -2.23. The van der Waals surface area contributed by atoms with Crippen LogP contribution in [0.25, 0.3) is 21.9 Å². The highest BCUT2D eigenvalue weighted by Gasteiger charge is 2.24. The first-order chi connectivity index (χ1) is 16.1. The number of alkyl halides is 3. The highest BCUT2D eigenvalue weighted by Crippen LogP contribution is 2.32. The first-order valence-corrected chi connectivity index (χ1v) is 11.0. The van der Waals surface area contributed by atoms with Crippen molar-refractivity contribution in [2.24, 2.45) is 5.92 Å². The van der Waals surface area contributed by atoms with E-state index in [-0.39, 0.29) is 5.39 Å². The summed E-state index contributed by atoms with van der Waals surface area (Å²) in [7, 11) is 0. The van der Waals surface area contributed by atoms with Gasteiger partial charge in [0, 0.05) is 12.5 Å². The Hall–Kier alpha value is -2.98. The Morgan fingerprint density at radius 1 is 0.941 bits per heavy atom. The molecule has 0 amide bonds. The van der Waals surface area contributed by atoms with Crippen LogP contribution in [0.4, 0.5) is 26.3 Å². The second-order valence-corrected chi connectivity index (χ2v) is 8.67. The van der Waals surface area contributed by atoms with Crippen molar-refractivity contribution < 1.29 is 31.1 Å². The first kappa shape index (κ1) is 24.2. The molecule has 0 bridgehead atoms. The molecule has 1 saturated heterocycles. The van der Waals surface area contributed by atoms with E-state index in [1.807, 2.05) is 24.3 Å². The zero-order valence-corrected chi connectivity index (χ0v) is 18.4. The van der Waals surface area contributed by atoms with Crippen LogP contribution in [0.3, 0.4) is 0 Å². The average molecular weight is 476 g/mol. The molecule has 2 atom stereocenters. The summed E-state index contributed by atoms with van der Waals surface area (Å²) in [5.41, 5.74) is 1.06. The normalized spacial score (nSPS) is 18.6. The number of hydrogen-bond donors (Lipinski definition) is 0. The van der Waals surface area contributed by atoms with Gasteiger partial charge in [-0.3, -0.25) is 0 Å². The highest BCUT2D eigenvalue weighted by atomic mass is 19.4. The van der Waals surface area contributed by atoms with Crippen molar-refractivity contribution in [1.29, 1.82) is 0 Å². The molecule has 7 heteroatoms. The van der Waals surface area contributed by atoms with Crippen molar-refractivity contribution in [3.63, 3.8) is 0 Å². The molecule has 2 unspecified atom stereocenters. The minimum atomic E-state index is -4.93. The lowest BCUT2D eigenvalue weighted by molar-refractivity contribution is -0.0696. The molecule has 0 spiro atoms. The molecule has 1 heterocycles. The predicted octanol–water partition coefficient (Wildman–Crippen LogP) is 7.59. The Morgan fingerprint density at radius 2 is 1.68 bits per heavy atom. The fraction of sp³-hybridized carbons (Fsp3) is 0.333. The molecule has 34 heavy (non-hydrogen) atoms. The molecular formula is C27H22F6O. The van der Waals surface area contributed by atoms with E-state index in [2.05, 4.69) is 6.92 Å². The van der Waals surface area contributed by atoms with Crippen LogP contribution in [0.15, 0.2) is 42.5 Å². The molecule has 0 saturated carbocycles. The van der Waals surface area contributed by atoms with Crippen LogP contribution in [0.2, 0.25) is 0 Å². The largest absolute Gasteiger partial charge is 0.458 e. The van der Waals surface area contributed by atoms with Gasteiger partial charge in [0.25, 0.3) is 0 Å². The minimum absolute atomic E-state index is 0.0989. The maximum atomic E-state index is 14.8. The van der Waals surface area contributed by atoms with Gasteiger partial charge in [-0.25, -0.2) is 13.2 Å². The van der Waals surface area contributed by atoms with Gasteiger partial charge in [0.2, 0.25) is 0 Å². The van der Waals surface area contributed by atoms with Crippen LogP contribution >= 0.6 is 0 Å². The van der Waals surface area contributed by atoms with E-state index in [1.165, 1.54) is 12.0 Å². The molecule has 0 aliphatic carbocycles. The van der Waals surface area contributed by atoms with Crippen molar-refractivity contribution >= 4 is 10.8 Å². The minimum Gasteiger partial charge on any atom is -0.378 e. The maximum absolute atomic E-state index is 14.8. The zero-order chi connectivity index (χ0) is 24.5. The highest BCUT2D eigenvalue weighted by molar-refractivity contribution is 5.89. The van der Waals surface area contributed by atoms with Crippen LogP contribution in [-0.2, 0) is 11.2 Å². The fourth-order valence-electron chi connectivity index (χ4n) is 4.23. The lowest BCUT2D eigenvalue weighted by Gasteiger charge is -2.26. The van der Waals surface area contributed by atoms with E-state index in [0.29, 0.717) is 23.1 Å². The SMILES string of the molecule is CC1CCC(CCc2ccc(-c3cc(F)c4c(F)c(C#CC(F)(F)F)c(F)cc4c3)cc2)CO1. The van der Waals surface area contributed by atoms with Gasteiger partial charge in [-0.15, -0.1) is 0 Å². The van der Waals surface area contributed by atoms with E-state index in [4.69, 9.17) is 4.74 Å². The second kappa shape index (κ2) is 9.71. The molecule has 1 aliphatic heterocycles. The molecular weight excluding hydrogens is 454 g/mol. The van der Waals surface area contributed by atoms with Crippen LogP contribution in [0.1, 0.15) is 37.3 Å². The molecule has 0 radical (unpaired) electrons. The van der Waals surface area contributed by atoms with E-state index < -0.39 is 34.6 Å². The van der Waals surface area contributed by atoms with Crippen molar-refractivity contribution in [2.45, 2.75) is 44.9 Å². The Kier molecular flexibility index (Phi) is 6.90. The van der Waals surface area contributed by atoms with Gasteiger partial charge in [0.05, 0.1) is 17.1 Å². The van der Waals surface area contributed by atoms with E-state index in [0.717, 1.165) is 55.9 Å².